The minimum atomic E-state index is -0.908. The zero-order valence-corrected chi connectivity index (χ0v) is 37.4. The van der Waals surface area contributed by atoms with E-state index in [-0.39, 0.29) is 67.7 Å². The largest absolute Gasteiger partial charge is 0.426 e. The number of anilines is 1. The second-order valence-electron chi connectivity index (χ2n) is 19.1. The lowest BCUT2D eigenvalue weighted by Crippen LogP contribution is -2.56. The van der Waals surface area contributed by atoms with Crippen LogP contribution in [0.2, 0.25) is 0 Å². The number of carbonyl (C=O) groups is 3. The first-order valence-electron chi connectivity index (χ1n) is 21.2. The molecule has 63 heavy (non-hydrogen) atoms. The van der Waals surface area contributed by atoms with Crippen LogP contribution in [0, 0.1) is 34.8 Å². The fraction of sp³-hybridized carbons (Fsp3) is 0.532. The van der Waals surface area contributed by atoms with E-state index in [4.69, 9.17) is 20.6 Å². The van der Waals surface area contributed by atoms with Gasteiger partial charge in [0.2, 0.25) is 6.29 Å². The number of esters is 1. The molecule has 1 amide bonds. The standard InChI is InChI=1S/C34H33F2N5O6.C8H14FN.C5H10O/c1-7-22-25(35)11-8-18-12-21(47-31(42)34(3,4)5)13-23(26(18)22)28-27(36)29-24(14-37-28)30(39-32(43)38-29)40-15-19-9-10-20(16-40)41(19)33(44)46-17(2)45-6;1-8-3-2-4-10(8)6-7(9)5-8;1-5(2,3)4-6/h1,8,11-14,17,19-20H,9-10,15-16H2,2-6H3,(H,38,39,43);7H,2-6H2,1H3;4H,1-3H3/t;7-,8+;/m.1./s1. The quantitative estimate of drug-likeness (QED) is 0.0686. The highest BCUT2D eigenvalue weighted by Gasteiger charge is 2.46. The number of hydrogen-bond donors (Lipinski definition) is 1. The number of carbonyl (C=O) groups excluding carboxylic acids is 3. The Balaban J connectivity index is 0.000000344. The summed E-state index contributed by atoms with van der Waals surface area (Å²) in [6, 6.07) is 5.09. The van der Waals surface area contributed by atoms with Gasteiger partial charge in [0.1, 0.15) is 35.5 Å². The van der Waals surface area contributed by atoms with Crippen molar-refractivity contribution in [3.05, 3.63) is 58.1 Å². The number of aromatic nitrogens is 3. The zero-order valence-electron chi connectivity index (χ0n) is 37.4. The molecule has 4 aliphatic rings. The van der Waals surface area contributed by atoms with Gasteiger partial charge in [0.05, 0.1) is 34.0 Å². The summed E-state index contributed by atoms with van der Waals surface area (Å²) in [6.45, 7) is 17.0. The highest BCUT2D eigenvalue weighted by atomic mass is 19.1. The summed E-state index contributed by atoms with van der Waals surface area (Å²) in [5, 5.41) is 0.815. The monoisotopic (exact) mass is 874 g/mol. The molecule has 16 heteroatoms. The van der Waals surface area contributed by atoms with Crippen LogP contribution in [0.25, 0.3) is 32.9 Å². The summed E-state index contributed by atoms with van der Waals surface area (Å²) in [7, 11) is 1.44. The molecule has 4 aromatic rings. The predicted molar refractivity (Wildman–Crippen MR) is 234 cm³/mol. The molecule has 2 aromatic heterocycles. The Kier molecular flexibility index (Phi) is 13.6. The van der Waals surface area contributed by atoms with Crippen molar-refractivity contribution in [3.8, 4) is 29.4 Å². The summed E-state index contributed by atoms with van der Waals surface area (Å²) in [6.07, 6.45) is 10.9. The number of halogens is 3. The number of alkyl halides is 1. The molecule has 13 nitrogen and oxygen atoms in total. The fourth-order valence-corrected chi connectivity index (χ4v) is 8.59. The van der Waals surface area contributed by atoms with Gasteiger partial charge in [-0.25, -0.2) is 22.8 Å². The van der Waals surface area contributed by atoms with Crippen molar-refractivity contribution >= 4 is 45.8 Å². The number of methoxy groups -OCH3 is 1. The van der Waals surface area contributed by atoms with Crippen LogP contribution in [0.4, 0.5) is 23.8 Å². The van der Waals surface area contributed by atoms with Crippen molar-refractivity contribution < 1.29 is 41.8 Å². The molecule has 3 unspecified atom stereocenters. The Labute approximate surface area is 365 Å². The second kappa shape index (κ2) is 18.3. The van der Waals surface area contributed by atoms with Gasteiger partial charge in [-0.2, -0.15) is 4.98 Å². The molecule has 5 atom stereocenters. The van der Waals surface area contributed by atoms with Gasteiger partial charge in [0.25, 0.3) is 0 Å². The number of amides is 1. The number of aromatic amines is 1. The van der Waals surface area contributed by atoms with E-state index in [1.165, 1.54) is 50.4 Å². The lowest BCUT2D eigenvalue weighted by Gasteiger charge is -2.41. The number of hydrogen-bond acceptors (Lipinski definition) is 11. The molecule has 4 fully saturated rings. The molecular weight excluding hydrogens is 818 g/mol. The summed E-state index contributed by atoms with van der Waals surface area (Å²) in [5.41, 5.74) is -2.00. The fourth-order valence-electron chi connectivity index (χ4n) is 8.59. The number of nitrogens with zero attached hydrogens (tertiary/aromatic N) is 5. The van der Waals surface area contributed by atoms with Crippen molar-refractivity contribution in [2.75, 3.05) is 38.2 Å². The summed E-state index contributed by atoms with van der Waals surface area (Å²) < 4.78 is 60.4. The lowest BCUT2D eigenvalue weighted by molar-refractivity contribution is -0.143. The number of nitrogens with one attached hydrogen (secondary N) is 1. The van der Waals surface area contributed by atoms with Gasteiger partial charge < -0.3 is 28.9 Å². The number of terminal acetylenes is 1. The Bertz CT molecular complexity index is 2480. The van der Waals surface area contributed by atoms with Crippen LogP contribution in [-0.2, 0) is 19.1 Å². The van der Waals surface area contributed by atoms with E-state index in [0.717, 1.165) is 19.3 Å². The number of H-pyrrole nitrogens is 1. The maximum absolute atomic E-state index is 16.6. The average molecular weight is 875 g/mol. The molecule has 2 aromatic carbocycles. The predicted octanol–water partition coefficient (Wildman–Crippen LogP) is 7.95. The number of aldehydes is 1. The van der Waals surface area contributed by atoms with E-state index in [9.17, 15) is 28.0 Å². The maximum atomic E-state index is 16.6. The molecule has 4 saturated heterocycles. The van der Waals surface area contributed by atoms with E-state index < -0.39 is 47.3 Å². The van der Waals surface area contributed by atoms with Crippen molar-refractivity contribution in [2.24, 2.45) is 10.8 Å². The third kappa shape index (κ3) is 10.2. The van der Waals surface area contributed by atoms with Gasteiger partial charge >= 0.3 is 17.8 Å². The molecule has 4 aliphatic heterocycles. The molecule has 0 aliphatic carbocycles. The summed E-state index contributed by atoms with van der Waals surface area (Å²) in [5.74, 6) is 0.491. The minimum absolute atomic E-state index is 0.0701. The Morgan fingerprint density at radius 1 is 1.08 bits per heavy atom. The second-order valence-corrected chi connectivity index (χ2v) is 19.1. The van der Waals surface area contributed by atoms with E-state index in [0.29, 0.717) is 37.9 Å². The van der Waals surface area contributed by atoms with Gasteiger partial charge in [-0.1, -0.05) is 32.8 Å². The van der Waals surface area contributed by atoms with Crippen molar-refractivity contribution in [2.45, 2.75) is 118 Å². The summed E-state index contributed by atoms with van der Waals surface area (Å²) >= 11 is 0. The normalized spacial score (nSPS) is 22.4. The van der Waals surface area contributed by atoms with E-state index >= 15 is 4.39 Å². The van der Waals surface area contributed by atoms with Crippen LogP contribution in [0.1, 0.15) is 93.1 Å². The van der Waals surface area contributed by atoms with Crippen LogP contribution in [0.3, 0.4) is 0 Å². The molecule has 0 spiro atoms. The van der Waals surface area contributed by atoms with Crippen LogP contribution >= 0.6 is 0 Å². The molecule has 0 radical (unpaired) electrons. The summed E-state index contributed by atoms with van der Waals surface area (Å²) in [4.78, 5) is 65.2. The van der Waals surface area contributed by atoms with Crippen molar-refractivity contribution in [1.82, 2.24) is 24.8 Å². The Morgan fingerprint density at radius 2 is 1.75 bits per heavy atom. The maximum Gasteiger partial charge on any atom is 0.412 e. The minimum Gasteiger partial charge on any atom is -0.426 e. The van der Waals surface area contributed by atoms with Crippen molar-refractivity contribution in [3.63, 3.8) is 0 Å². The average Bonchev–Trinajstić information content (AvgIpc) is 3.81. The number of fused-ring (bicyclic) bond motifs is 5. The Morgan fingerprint density at radius 3 is 2.33 bits per heavy atom. The molecule has 8 rings (SSSR count). The molecule has 0 saturated carbocycles. The number of rotatable bonds is 5. The molecule has 338 valence electrons. The van der Waals surface area contributed by atoms with Gasteiger partial charge in [-0.3, -0.25) is 19.6 Å². The highest BCUT2D eigenvalue weighted by Crippen LogP contribution is 2.41. The van der Waals surface area contributed by atoms with Crippen LogP contribution in [-0.4, -0.2) is 106 Å². The van der Waals surface area contributed by atoms with Gasteiger partial charge in [-0.15, -0.1) is 6.42 Å². The van der Waals surface area contributed by atoms with Gasteiger partial charge in [0, 0.05) is 54.8 Å². The molecule has 1 N–H and O–H groups in total. The number of benzene rings is 2. The van der Waals surface area contributed by atoms with Crippen LogP contribution < -0.4 is 15.3 Å². The Hall–Kier alpha value is -5.53. The van der Waals surface area contributed by atoms with Gasteiger partial charge in [-0.05, 0) is 96.9 Å². The molecular formula is C47H57F3N6O7. The van der Waals surface area contributed by atoms with Crippen LogP contribution in [0.15, 0.2) is 35.3 Å². The van der Waals surface area contributed by atoms with Crippen LogP contribution in [0.5, 0.6) is 5.75 Å². The number of piperazine rings is 1. The number of pyridine rings is 1. The number of ether oxygens (including phenoxy) is 3. The highest BCUT2D eigenvalue weighted by molar-refractivity contribution is 6.03. The van der Waals surface area contributed by atoms with Crippen molar-refractivity contribution in [1.29, 1.82) is 0 Å². The first kappa shape index (κ1) is 47.0. The topological polar surface area (TPSA) is 147 Å². The smallest absolute Gasteiger partial charge is 0.412 e. The first-order valence-corrected chi connectivity index (χ1v) is 21.2. The molecule has 2 bridgehead atoms. The lowest BCUT2D eigenvalue weighted by atomic mass is 9.95. The van der Waals surface area contributed by atoms with E-state index in [1.807, 2.05) is 25.7 Å². The van der Waals surface area contributed by atoms with Gasteiger partial charge in [0.15, 0.2) is 5.82 Å². The molecule has 6 heterocycles. The third-order valence-corrected chi connectivity index (χ3v) is 11.9. The zero-order chi connectivity index (χ0) is 46.2. The SMILES string of the molecule is C#Cc1c(F)ccc2cc(OC(=O)C(C)(C)C)cc(-c3ncc4c(N5CC6CCC(C5)N6C(=O)OC(C)OC)nc(=O)[nH]c4c3F)c12.CC(C)(C)C=O.C[C@@]12CCCN1C[C@H](F)C2. The first-order chi connectivity index (χ1) is 29.6. The third-order valence-electron chi connectivity index (χ3n) is 11.9. The van der Waals surface area contributed by atoms with E-state index in [2.05, 4.69) is 32.7 Å². The van der Waals surface area contributed by atoms with E-state index in [1.54, 1.807) is 32.6 Å².